The first kappa shape index (κ1) is 18.6. The molecule has 0 radical (unpaired) electrons. The Labute approximate surface area is 156 Å². The van der Waals surface area contributed by atoms with Crippen LogP contribution in [0.25, 0.3) is 0 Å². The molecule has 0 aliphatic carbocycles. The maximum Gasteiger partial charge on any atom is 0.316 e. The number of aromatic nitrogens is 2. The van der Waals surface area contributed by atoms with Crippen molar-refractivity contribution in [3.8, 4) is 6.01 Å². The minimum atomic E-state index is -3.64. The molecule has 1 aliphatic heterocycles. The van der Waals surface area contributed by atoms with Crippen molar-refractivity contribution in [3.05, 3.63) is 41.7 Å². The number of hydrogen-bond donors (Lipinski definition) is 1. The van der Waals surface area contributed by atoms with E-state index in [9.17, 15) is 13.2 Å². The number of sulfonamides is 1. The van der Waals surface area contributed by atoms with Gasteiger partial charge in [0.25, 0.3) is 0 Å². The average molecular weight is 397 g/mol. The fourth-order valence-electron chi connectivity index (χ4n) is 2.59. The molecule has 26 heavy (non-hydrogen) atoms. The number of carbonyl (C=O) groups excluding carboxylic acids is 1. The normalized spacial score (nSPS) is 17.8. The van der Waals surface area contributed by atoms with Crippen molar-refractivity contribution in [1.82, 2.24) is 14.3 Å². The Balaban J connectivity index is 1.66. The summed E-state index contributed by atoms with van der Waals surface area (Å²) in [5.41, 5.74) is 0.541. The highest BCUT2D eigenvalue weighted by Crippen LogP contribution is 2.24. The van der Waals surface area contributed by atoms with Gasteiger partial charge in [-0.3, -0.25) is 4.79 Å². The van der Waals surface area contributed by atoms with E-state index in [-0.39, 0.29) is 29.5 Å². The van der Waals surface area contributed by atoms with Crippen molar-refractivity contribution in [1.29, 1.82) is 0 Å². The molecule has 0 saturated carbocycles. The molecule has 1 aromatic carbocycles. The Morgan fingerprint density at radius 1 is 1.27 bits per heavy atom. The van der Waals surface area contributed by atoms with Gasteiger partial charge in [0.15, 0.2) is 0 Å². The highest BCUT2D eigenvalue weighted by molar-refractivity contribution is 7.89. The van der Waals surface area contributed by atoms with Crippen LogP contribution in [0.3, 0.4) is 0 Å². The molecule has 10 heteroatoms. The van der Waals surface area contributed by atoms with Gasteiger partial charge in [0.2, 0.25) is 15.9 Å². The van der Waals surface area contributed by atoms with Crippen LogP contribution in [0.2, 0.25) is 5.02 Å². The zero-order chi connectivity index (χ0) is 18.7. The molecule has 1 aliphatic rings. The third kappa shape index (κ3) is 4.29. The number of nitrogens with zero attached hydrogens (tertiary/aromatic N) is 3. The van der Waals surface area contributed by atoms with Crippen molar-refractivity contribution in [2.45, 2.75) is 24.3 Å². The number of anilines is 1. The van der Waals surface area contributed by atoms with E-state index in [1.807, 2.05) is 0 Å². The molecule has 1 unspecified atom stereocenters. The highest BCUT2D eigenvalue weighted by atomic mass is 35.5. The smallest absolute Gasteiger partial charge is 0.316 e. The molecule has 3 rings (SSSR count). The lowest BCUT2D eigenvalue weighted by molar-refractivity contribution is -0.114. The third-order valence-corrected chi connectivity index (χ3v) is 5.86. The average Bonchev–Trinajstić information content (AvgIpc) is 3.06. The third-order valence-electron chi connectivity index (χ3n) is 3.79. The van der Waals surface area contributed by atoms with Gasteiger partial charge in [-0.25, -0.2) is 18.4 Å². The molecular weight excluding hydrogens is 380 g/mol. The zero-order valence-corrected chi connectivity index (χ0v) is 15.5. The minimum Gasteiger partial charge on any atom is -0.459 e. The van der Waals surface area contributed by atoms with Crippen LogP contribution in [0.5, 0.6) is 6.01 Å². The molecule has 1 amide bonds. The van der Waals surface area contributed by atoms with Crippen molar-refractivity contribution < 1.29 is 17.9 Å². The number of nitrogens with one attached hydrogen (secondary N) is 1. The highest BCUT2D eigenvalue weighted by Gasteiger charge is 2.34. The quantitative estimate of drug-likeness (QED) is 0.828. The summed E-state index contributed by atoms with van der Waals surface area (Å²) in [6.07, 6.45) is 3.05. The molecule has 1 saturated heterocycles. The van der Waals surface area contributed by atoms with Gasteiger partial charge < -0.3 is 10.1 Å². The van der Waals surface area contributed by atoms with Gasteiger partial charge in [0, 0.05) is 19.2 Å². The summed E-state index contributed by atoms with van der Waals surface area (Å²) in [7, 11) is -3.64. The second kappa shape index (κ2) is 7.56. The predicted molar refractivity (Wildman–Crippen MR) is 95.6 cm³/mol. The topological polar surface area (TPSA) is 101 Å². The number of carbonyl (C=O) groups is 1. The first-order chi connectivity index (χ1) is 12.3. The van der Waals surface area contributed by atoms with E-state index in [0.717, 1.165) is 0 Å². The number of hydrogen-bond acceptors (Lipinski definition) is 6. The zero-order valence-electron chi connectivity index (χ0n) is 13.9. The van der Waals surface area contributed by atoms with Crippen LogP contribution in [0.15, 0.2) is 41.6 Å². The summed E-state index contributed by atoms with van der Waals surface area (Å²) in [6.45, 7) is 1.94. The van der Waals surface area contributed by atoms with E-state index in [1.54, 1.807) is 12.1 Å². The van der Waals surface area contributed by atoms with Crippen molar-refractivity contribution in [2.75, 3.05) is 18.4 Å². The number of benzene rings is 1. The lowest BCUT2D eigenvalue weighted by Gasteiger charge is -2.17. The molecule has 8 nitrogen and oxygen atoms in total. The van der Waals surface area contributed by atoms with Crippen LogP contribution in [0.1, 0.15) is 13.3 Å². The van der Waals surface area contributed by atoms with E-state index in [4.69, 9.17) is 16.3 Å². The van der Waals surface area contributed by atoms with Crippen LogP contribution in [0.4, 0.5) is 5.69 Å². The summed E-state index contributed by atoms with van der Waals surface area (Å²) < 4.78 is 32.5. The van der Waals surface area contributed by atoms with E-state index in [1.165, 1.54) is 35.8 Å². The molecule has 1 fully saturated rings. The molecule has 138 valence electrons. The monoisotopic (exact) mass is 396 g/mol. The number of rotatable bonds is 5. The summed E-state index contributed by atoms with van der Waals surface area (Å²) in [5.74, 6) is -0.218. The Morgan fingerprint density at radius 3 is 2.54 bits per heavy atom. The van der Waals surface area contributed by atoms with Crippen LogP contribution < -0.4 is 10.1 Å². The van der Waals surface area contributed by atoms with Crippen molar-refractivity contribution in [2.24, 2.45) is 0 Å². The number of halogens is 1. The lowest BCUT2D eigenvalue weighted by atomic mass is 10.3. The first-order valence-corrected chi connectivity index (χ1v) is 9.68. The Morgan fingerprint density at radius 2 is 1.92 bits per heavy atom. The predicted octanol–water partition coefficient (Wildman–Crippen LogP) is 1.93. The standard InChI is InChI=1S/C16H17ClN4O4S/c1-11(22)20-13-2-4-15(5-3-13)26(23,24)21-7-6-14(10-21)25-16-18-8-12(17)9-19-16/h2-5,8-9,14H,6-7,10H2,1H3,(H,20,22). The van der Waals surface area contributed by atoms with E-state index in [0.29, 0.717) is 23.7 Å². The summed E-state index contributed by atoms with van der Waals surface area (Å²) >= 11 is 5.73. The van der Waals surface area contributed by atoms with Gasteiger partial charge in [-0.05, 0) is 30.7 Å². The van der Waals surface area contributed by atoms with Crippen molar-refractivity contribution in [3.63, 3.8) is 0 Å². The SMILES string of the molecule is CC(=O)Nc1ccc(S(=O)(=O)N2CCC(Oc3ncc(Cl)cn3)C2)cc1. The maximum atomic E-state index is 12.7. The largest absolute Gasteiger partial charge is 0.459 e. The molecule has 1 N–H and O–H groups in total. The molecular formula is C16H17ClN4O4S. The molecule has 0 spiro atoms. The van der Waals surface area contributed by atoms with Gasteiger partial charge in [0.05, 0.1) is 28.9 Å². The van der Waals surface area contributed by atoms with Crippen LogP contribution >= 0.6 is 11.6 Å². The molecule has 1 aromatic heterocycles. The molecule has 2 heterocycles. The Bertz CT molecular complexity index is 887. The first-order valence-electron chi connectivity index (χ1n) is 7.86. The summed E-state index contributed by atoms with van der Waals surface area (Å²) in [4.78, 5) is 19.1. The number of amides is 1. The van der Waals surface area contributed by atoms with E-state index in [2.05, 4.69) is 15.3 Å². The van der Waals surface area contributed by atoms with Crippen molar-refractivity contribution >= 4 is 33.2 Å². The second-order valence-corrected chi connectivity index (χ2v) is 8.16. The summed E-state index contributed by atoms with van der Waals surface area (Å²) in [6, 6.07) is 6.21. The Hall–Kier alpha value is -2.23. The van der Waals surface area contributed by atoms with E-state index >= 15 is 0 Å². The fraction of sp³-hybridized carbons (Fsp3) is 0.312. The molecule has 2 aromatic rings. The van der Waals surface area contributed by atoms with Gasteiger partial charge in [-0.1, -0.05) is 11.6 Å². The minimum absolute atomic E-state index is 0.162. The van der Waals surface area contributed by atoms with Gasteiger partial charge in [-0.2, -0.15) is 4.31 Å². The van der Waals surface area contributed by atoms with E-state index < -0.39 is 10.0 Å². The molecule has 1 atom stereocenters. The number of ether oxygens (including phenoxy) is 1. The van der Waals surface area contributed by atoms with Crippen LogP contribution in [-0.4, -0.2) is 47.8 Å². The molecule has 0 bridgehead atoms. The fourth-order valence-corrected chi connectivity index (χ4v) is 4.17. The lowest BCUT2D eigenvalue weighted by Crippen LogP contribution is -2.31. The maximum absolute atomic E-state index is 12.7. The van der Waals surface area contributed by atoms with Gasteiger partial charge in [-0.15, -0.1) is 0 Å². The Kier molecular flexibility index (Phi) is 5.40. The van der Waals surface area contributed by atoms with Crippen LogP contribution in [-0.2, 0) is 14.8 Å². The van der Waals surface area contributed by atoms with Crippen LogP contribution in [0, 0.1) is 0 Å². The summed E-state index contributed by atoms with van der Waals surface area (Å²) in [5, 5.41) is 3.00. The second-order valence-electron chi connectivity index (χ2n) is 5.78. The van der Waals surface area contributed by atoms with Gasteiger partial charge >= 0.3 is 6.01 Å². The van der Waals surface area contributed by atoms with Gasteiger partial charge in [0.1, 0.15) is 6.10 Å².